The van der Waals surface area contributed by atoms with Gasteiger partial charge in [0.15, 0.2) is 0 Å². The first-order chi connectivity index (χ1) is 7.66. The number of ether oxygens (including phenoxy) is 1. The molecule has 2 rings (SSSR count). The van der Waals surface area contributed by atoms with E-state index in [-0.39, 0.29) is 0 Å². The van der Waals surface area contributed by atoms with E-state index in [4.69, 9.17) is 10.5 Å². The van der Waals surface area contributed by atoms with Crippen molar-refractivity contribution < 1.29 is 4.74 Å². The summed E-state index contributed by atoms with van der Waals surface area (Å²) in [7, 11) is 0. The minimum atomic E-state index is 0.431. The summed E-state index contributed by atoms with van der Waals surface area (Å²) in [4.78, 5) is 7.91. The van der Waals surface area contributed by atoms with E-state index in [2.05, 4.69) is 25.9 Å². The van der Waals surface area contributed by atoms with Crippen LogP contribution < -0.4 is 10.5 Å². The molecule has 1 heterocycles. The summed E-state index contributed by atoms with van der Waals surface area (Å²) in [5.41, 5.74) is 6.40. The van der Waals surface area contributed by atoms with Crippen molar-refractivity contribution in [3.63, 3.8) is 0 Å². The Kier molecular flexibility index (Phi) is 3.05. The number of rotatable bonds is 2. The van der Waals surface area contributed by atoms with Crippen molar-refractivity contribution in [3.8, 4) is 11.6 Å². The first kappa shape index (κ1) is 10.9. The van der Waals surface area contributed by atoms with Crippen molar-refractivity contribution in [2.24, 2.45) is 0 Å². The van der Waals surface area contributed by atoms with Gasteiger partial charge >= 0.3 is 0 Å². The Bertz CT molecular complexity index is 516. The largest absolute Gasteiger partial charge is 0.439 e. The highest BCUT2D eigenvalue weighted by Crippen LogP contribution is 2.26. The van der Waals surface area contributed by atoms with Gasteiger partial charge in [0, 0.05) is 4.47 Å². The number of anilines is 1. The van der Waals surface area contributed by atoms with Crippen LogP contribution in [-0.4, -0.2) is 9.97 Å². The van der Waals surface area contributed by atoms with Gasteiger partial charge in [-0.25, -0.2) is 9.97 Å². The second kappa shape index (κ2) is 4.49. The molecule has 82 valence electrons. The summed E-state index contributed by atoms with van der Waals surface area (Å²) in [6, 6.07) is 7.52. The Morgan fingerprint density at radius 2 is 2.12 bits per heavy atom. The molecule has 2 N–H and O–H groups in total. The van der Waals surface area contributed by atoms with Crippen LogP contribution in [0.3, 0.4) is 0 Å². The summed E-state index contributed by atoms with van der Waals surface area (Å²) in [5.74, 6) is 1.61. The zero-order valence-corrected chi connectivity index (χ0v) is 10.2. The molecule has 0 saturated heterocycles. The quantitative estimate of drug-likeness (QED) is 0.918. The molecule has 1 aromatic heterocycles. The molecule has 0 aliphatic heterocycles. The van der Waals surface area contributed by atoms with Gasteiger partial charge in [-0.15, -0.1) is 0 Å². The molecule has 0 spiro atoms. The number of nitrogens with two attached hydrogens (primary N) is 1. The van der Waals surface area contributed by atoms with Crippen molar-refractivity contribution in [1.82, 2.24) is 9.97 Å². The zero-order valence-electron chi connectivity index (χ0n) is 8.64. The Balaban J connectivity index is 2.31. The lowest BCUT2D eigenvalue weighted by molar-refractivity contribution is 0.457. The molecular weight excluding hydrogens is 270 g/mol. The van der Waals surface area contributed by atoms with E-state index in [1.165, 1.54) is 6.33 Å². The summed E-state index contributed by atoms with van der Waals surface area (Å²) in [6.45, 7) is 1.82. The van der Waals surface area contributed by atoms with Crippen LogP contribution in [0, 0.1) is 6.92 Å². The van der Waals surface area contributed by atoms with Crippen LogP contribution in [0.4, 0.5) is 5.82 Å². The van der Waals surface area contributed by atoms with Gasteiger partial charge in [-0.05, 0) is 25.1 Å². The molecule has 0 saturated carbocycles. The topological polar surface area (TPSA) is 61.0 Å². The van der Waals surface area contributed by atoms with E-state index in [1.807, 2.05) is 31.2 Å². The average Bonchev–Trinajstić information content (AvgIpc) is 2.25. The van der Waals surface area contributed by atoms with E-state index >= 15 is 0 Å². The summed E-state index contributed by atoms with van der Waals surface area (Å²) in [6.07, 6.45) is 1.38. The zero-order chi connectivity index (χ0) is 11.5. The normalized spacial score (nSPS) is 10.1. The maximum absolute atomic E-state index is 5.66. The molecule has 16 heavy (non-hydrogen) atoms. The van der Waals surface area contributed by atoms with E-state index in [1.54, 1.807) is 0 Å². The fourth-order valence-electron chi connectivity index (χ4n) is 1.19. The number of hydrogen-bond acceptors (Lipinski definition) is 4. The van der Waals surface area contributed by atoms with Gasteiger partial charge in [-0.1, -0.05) is 22.0 Å². The first-order valence-electron chi connectivity index (χ1n) is 4.67. The molecule has 2 aromatic rings. The Hall–Kier alpha value is -1.62. The molecule has 0 aliphatic rings. The lowest BCUT2D eigenvalue weighted by Gasteiger charge is -2.08. The molecule has 0 radical (unpaired) electrons. The number of halogens is 1. The smallest absolute Gasteiger partial charge is 0.227 e. The Morgan fingerprint density at radius 3 is 2.88 bits per heavy atom. The second-order valence-corrected chi connectivity index (χ2v) is 4.16. The minimum Gasteiger partial charge on any atom is -0.439 e. The fourth-order valence-corrected chi connectivity index (χ4v) is 1.57. The summed E-state index contributed by atoms with van der Waals surface area (Å²) < 4.78 is 6.56. The maximum Gasteiger partial charge on any atom is 0.227 e. The van der Waals surface area contributed by atoms with Gasteiger partial charge in [0.1, 0.15) is 17.9 Å². The highest BCUT2D eigenvalue weighted by atomic mass is 79.9. The van der Waals surface area contributed by atoms with Gasteiger partial charge in [0.25, 0.3) is 0 Å². The molecule has 0 aliphatic carbocycles. The maximum atomic E-state index is 5.66. The van der Waals surface area contributed by atoms with Crippen LogP contribution in [0.25, 0.3) is 0 Å². The third kappa shape index (κ3) is 2.30. The van der Waals surface area contributed by atoms with Crippen molar-refractivity contribution in [2.75, 3.05) is 5.73 Å². The Labute approximate surface area is 102 Å². The van der Waals surface area contributed by atoms with Gasteiger partial charge in [-0.2, -0.15) is 0 Å². The van der Waals surface area contributed by atoms with Crippen LogP contribution in [0.2, 0.25) is 0 Å². The lowest BCUT2D eigenvalue weighted by atomic mass is 10.3. The van der Waals surface area contributed by atoms with E-state index < -0.39 is 0 Å². The molecular formula is C11H10BrN3O. The number of nitrogen functional groups attached to an aromatic ring is 1. The molecule has 0 bridgehead atoms. The number of hydrogen-bond donors (Lipinski definition) is 1. The van der Waals surface area contributed by atoms with Crippen LogP contribution in [0.15, 0.2) is 35.1 Å². The van der Waals surface area contributed by atoms with Crippen LogP contribution in [0.1, 0.15) is 5.56 Å². The van der Waals surface area contributed by atoms with Crippen molar-refractivity contribution in [3.05, 3.63) is 40.6 Å². The van der Waals surface area contributed by atoms with Crippen molar-refractivity contribution >= 4 is 21.7 Å². The van der Waals surface area contributed by atoms with E-state index in [9.17, 15) is 0 Å². The van der Waals surface area contributed by atoms with E-state index in [0.717, 1.165) is 10.0 Å². The molecule has 1 aromatic carbocycles. The monoisotopic (exact) mass is 279 g/mol. The van der Waals surface area contributed by atoms with Crippen molar-refractivity contribution in [1.29, 1.82) is 0 Å². The molecule has 0 amide bonds. The molecule has 0 fully saturated rings. The van der Waals surface area contributed by atoms with Crippen LogP contribution >= 0.6 is 15.9 Å². The lowest BCUT2D eigenvalue weighted by Crippen LogP contribution is -1.98. The van der Waals surface area contributed by atoms with Gasteiger partial charge in [-0.3, -0.25) is 0 Å². The van der Waals surface area contributed by atoms with Crippen molar-refractivity contribution in [2.45, 2.75) is 6.92 Å². The van der Waals surface area contributed by atoms with Crippen LogP contribution in [0.5, 0.6) is 11.6 Å². The summed E-state index contributed by atoms with van der Waals surface area (Å²) >= 11 is 3.37. The first-order valence-corrected chi connectivity index (χ1v) is 5.46. The second-order valence-electron chi connectivity index (χ2n) is 3.25. The third-order valence-electron chi connectivity index (χ3n) is 2.09. The number of aromatic nitrogens is 2. The van der Waals surface area contributed by atoms with Gasteiger partial charge in [0.05, 0.1) is 5.56 Å². The van der Waals surface area contributed by atoms with Crippen LogP contribution in [-0.2, 0) is 0 Å². The molecule has 4 nitrogen and oxygen atoms in total. The average molecular weight is 280 g/mol. The number of nitrogens with zero attached hydrogens (tertiary/aromatic N) is 2. The minimum absolute atomic E-state index is 0.431. The van der Waals surface area contributed by atoms with E-state index in [0.29, 0.717) is 17.4 Å². The predicted molar refractivity (Wildman–Crippen MR) is 65.4 cm³/mol. The molecule has 0 atom stereocenters. The molecule has 0 unspecified atom stereocenters. The highest BCUT2D eigenvalue weighted by Gasteiger charge is 2.06. The third-order valence-corrected chi connectivity index (χ3v) is 2.58. The Morgan fingerprint density at radius 1 is 1.31 bits per heavy atom. The highest BCUT2D eigenvalue weighted by molar-refractivity contribution is 9.10. The fraction of sp³-hybridized carbons (Fsp3) is 0.0909. The summed E-state index contributed by atoms with van der Waals surface area (Å²) in [5, 5.41) is 0. The number of benzene rings is 1. The van der Waals surface area contributed by atoms with Gasteiger partial charge < -0.3 is 10.5 Å². The van der Waals surface area contributed by atoms with Gasteiger partial charge in [0.2, 0.25) is 5.88 Å². The standard InChI is InChI=1S/C11H10BrN3O/c1-7-10(13)14-6-15-11(7)16-9-4-2-3-8(12)5-9/h2-6H,1H3,(H2,13,14,15). The molecule has 5 heteroatoms. The predicted octanol–water partition coefficient (Wildman–Crippen LogP) is 2.92. The SMILES string of the molecule is Cc1c(N)ncnc1Oc1cccc(Br)c1.